The molecule has 0 saturated carbocycles. The van der Waals surface area contributed by atoms with Crippen LogP contribution in [0.15, 0.2) is 55.0 Å². The van der Waals surface area contributed by atoms with Crippen LogP contribution in [-0.4, -0.2) is 89.3 Å². The number of likely N-dealkylation sites (N-methyl/N-ethyl adjacent to an activating group) is 1. The van der Waals surface area contributed by atoms with Crippen molar-refractivity contribution in [3.8, 4) is 17.3 Å². The molecule has 0 N–H and O–H groups in total. The molecule has 4 heterocycles. The SMILES string of the molecule is C=C(F)C(=O)N1CCN(c2nc(OC[C@@H]3C[C@@H](F)CN3C)nc3c(F)c(-c4cccc5cccc(Cl)c45)ncc23)CC1. The Hall–Kier alpha value is -3.96. The molecular formula is C30H28ClF3N6O2. The number of alkyl halides is 1. The third kappa shape index (κ3) is 5.22. The molecule has 2 aliphatic rings. The maximum absolute atomic E-state index is 16.4. The predicted octanol–water partition coefficient (Wildman–Crippen LogP) is 5.19. The largest absolute Gasteiger partial charge is 0.462 e. The summed E-state index contributed by atoms with van der Waals surface area (Å²) in [5.41, 5.74) is 0.590. The third-order valence-electron chi connectivity index (χ3n) is 7.89. The molecule has 2 atom stereocenters. The van der Waals surface area contributed by atoms with Gasteiger partial charge in [-0.15, -0.1) is 0 Å². The smallest absolute Gasteiger partial charge is 0.319 e. The van der Waals surface area contributed by atoms with Crippen molar-refractivity contribution in [2.45, 2.75) is 18.6 Å². The van der Waals surface area contributed by atoms with E-state index in [4.69, 9.17) is 16.3 Å². The monoisotopic (exact) mass is 596 g/mol. The number of halogens is 4. The minimum atomic E-state index is -1.02. The lowest BCUT2D eigenvalue weighted by atomic mass is 10.0. The zero-order valence-corrected chi connectivity index (χ0v) is 23.6. The first-order valence-electron chi connectivity index (χ1n) is 13.6. The van der Waals surface area contributed by atoms with Crippen LogP contribution in [0.1, 0.15) is 6.42 Å². The first-order valence-corrected chi connectivity index (χ1v) is 14.0. The summed E-state index contributed by atoms with van der Waals surface area (Å²) in [5.74, 6) is -2.08. The minimum absolute atomic E-state index is 0.00263. The normalized spacial score (nSPS) is 19.5. The second-order valence-electron chi connectivity index (χ2n) is 10.6. The molecule has 1 amide bonds. The molecule has 0 bridgehead atoms. The zero-order valence-electron chi connectivity index (χ0n) is 22.9. The number of ether oxygens (including phenoxy) is 1. The summed E-state index contributed by atoms with van der Waals surface area (Å²) in [7, 11) is 1.82. The molecule has 2 aromatic carbocycles. The summed E-state index contributed by atoms with van der Waals surface area (Å²) in [5, 5.41) is 2.32. The quantitative estimate of drug-likeness (QED) is 0.284. The number of hydrogen-bond acceptors (Lipinski definition) is 7. The topological polar surface area (TPSA) is 74.7 Å². The molecule has 2 aliphatic heterocycles. The van der Waals surface area contributed by atoms with Crippen molar-refractivity contribution in [2.24, 2.45) is 0 Å². The lowest BCUT2D eigenvalue weighted by molar-refractivity contribution is -0.128. The van der Waals surface area contributed by atoms with Crippen LogP contribution in [0.5, 0.6) is 6.01 Å². The van der Waals surface area contributed by atoms with E-state index < -0.39 is 23.7 Å². The molecule has 0 aliphatic carbocycles. The van der Waals surface area contributed by atoms with E-state index in [1.54, 1.807) is 12.1 Å². The lowest BCUT2D eigenvalue weighted by Gasteiger charge is -2.35. The highest BCUT2D eigenvalue weighted by atomic mass is 35.5. The maximum Gasteiger partial charge on any atom is 0.319 e. The summed E-state index contributed by atoms with van der Waals surface area (Å²) >= 11 is 6.52. The number of anilines is 1. The fraction of sp³-hybridized carbons (Fsp3) is 0.333. The van der Waals surface area contributed by atoms with E-state index in [1.807, 2.05) is 41.1 Å². The minimum Gasteiger partial charge on any atom is -0.462 e. The highest BCUT2D eigenvalue weighted by molar-refractivity contribution is 6.36. The van der Waals surface area contributed by atoms with Crippen LogP contribution < -0.4 is 9.64 Å². The van der Waals surface area contributed by atoms with Gasteiger partial charge in [-0.3, -0.25) is 14.7 Å². The standard InChI is InChI=1S/C30H28ClF3N6O2/c1-17(32)29(41)40-11-9-39(10-12-40)28-22-14-35-26(21-7-3-5-18-6-4-8-23(31)24(18)21)25(34)27(22)36-30(37-28)42-16-20-13-19(33)15-38(20)2/h3-8,14,19-20H,1,9-13,15-16H2,2H3/t19-,20+/m1/s1. The van der Waals surface area contributed by atoms with E-state index in [0.29, 0.717) is 53.2 Å². The average molecular weight is 597 g/mol. The van der Waals surface area contributed by atoms with Crippen molar-refractivity contribution in [1.82, 2.24) is 24.8 Å². The Bertz CT molecular complexity index is 1690. The van der Waals surface area contributed by atoms with Gasteiger partial charge in [-0.1, -0.05) is 48.5 Å². The van der Waals surface area contributed by atoms with Gasteiger partial charge in [0.25, 0.3) is 5.91 Å². The Morgan fingerprint density at radius 1 is 1.14 bits per heavy atom. The van der Waals surface area contributed by atoms with Gasteiger partial charge in [0.1, 0.15) is 29.8 Å². The third-order valence-corrected chi connectivity index (χ3v) is 8.21. The average Bonchev–Trinajstić information content (AvgIpc) is 3.32. The molecule has 6 rings (SSSR count). The van der Waals surface area contributed by atoms with E-state index in [2.05, 4.69) is 21.5 Å². The summed E-state index contributed by atoms with van der Waals surface area (Å²) in [6, 6.07) is 10.7. The van der Waals surface area contributed by atoms with Crippen molar-refractivity contribution in [2.75, 3.05) is 51.3 Å². The molecule has 218 valence electrons. The van der Waals surface area contributed by atoms with Gasteiger partial charge in [-0.25, -0.2) is 13.2 Å². The van der Waals surface area contributed by atoms with Crippen LogP contribution in [0.25, 0.3) is 32.9 Å². The van der Waals surface area contributed by atoms with E-state index in [1.165, 1.54) is 11.1 Å². The van der Waals surface area contributed by atoms with Gasteiger partial charge in [-0.05, 0) is 24.9 Å². The second-order valence-corrected chi connectivity index (χ2v) is 11.0. The summed E-state index contributed by atoms with van der Waals surface area (Å²) in [6.45, 7) is 4.58. The number of benzene rings is 2. The number of aromatic nitrogens is 3. The number of carbonyl (C=O) groups excluding carboxylic acids is 1. The number of hydrogen-bond donors (Lipinski definition) is 0. The van der Waals surface area contributed by atoms with E-state index in [0.717, 1.165) is 5.39 Å². The van der Waals surface area contributed by atoms with Crippen LogP contribution in [0.3, 0.4) is 0 Å². The molecule has 0 radical (unpaired) electrons. The summed E-state index contributed by atoms with van der Waals surface area (Å²) < 4.78 is 49.8. The zero-order chi connectivity index (χ0) is 29.5. The predicted molar refractivity (Wildman–Crippen MR) is 156 cm³/mol. The Labute approximate surface area is 245 Å². The number of rotatable bonds is 6. The van der Waals surface area contributed by atoms with Crippen LogP contribution in [0.4, 0.5) is 19.0 Å². The van der Waals surface area contributed by atoms with Gasteiger partial charge in [0.15, 0.2) is 11.6 Å². The number of fused-ring (bicyclic) bond motifs is 2. The maximum atomic E-state index is 16.4. The van der Waals surface area contributed by atoms with Crippen molar-refractivity contribution < 1.29 is 22.7 Å². The van der Waals surface area contributed by atoms with Gasteiger partial charge < -0.3 is 14.5 Å². The molecule has 8 nitrogen and oxygen atoms in total. The van der Waals surface area contributed by atoms with Crippen molar-refractivity contribution in [3.63, 3.8) is 0 Å². The number of carbonyl (C=O) groups is 1. The van der Waals surface area contributed by atoms with E-state index in [9.17, 15) is 13.6 Å². The first-order chi connectivity index (χ1) is 20.2. The van der Waals surface area contributed by atoms with Gasteiger partial charge in [-0.2, -0.15) is 9.97 Å². The Kier molecular flexibility index (Phi) is 7.63. The molecule has 0 spiro atoms. The lowest BCUT2D eigenvalue weighted by Crippen LogP contribution is -2.49. The number of nitrogens with zero attached hydrogens (tertiary/aromatic N) is 6. The fourth-order valence-electron chi connectivity index (χ4n) is 5.68. The second kappa shape index (κ2) is 11.4. The Morgan fingerprint density at radius 3 is 2.57 bits per heavy atom. The van der Waals surface area contributed by atoms with Crippen LogP contribution >= 0.6 is 11.6 Å². The van der Waals surface area contributed by atoms with Crippen LogP contribution in [0.2, 0.25) is 5.02 Å². The molecule has 42 heavy (non-hydrogen) atoms. The molecule has 2 saturated heterocycles. The van der Waals surface area contributed by atoms with E-state index in [-0.39, 0.29) is 43.0 Å². The van der Waals surface area contributed by atoms with Crippen molar-refractivity contribution in [1.29, 1.82) is 0 Å². The number of amides is 1. The van der Waals surface area contributed by atoms with Gasteiger partial charge >= 0.3 is 6.01 Å². The molecule has 4 aromatic rings. The molecule has 2 fully saturated rings. The van der Waals surface area contributed by atoms with Gasteiger partial charge in [0, 0.05) is 60.9 Å². The van der Waals surface area contributed by atoms with E-state index >= 15 is 4.39 Å². The Balaban J connectivity index is 1.42. The molecule has 12 heteroatoms. The molecule has 2 aromatic heterocycles. The van der Waals surface area contributed by atoms with Crippen molar-refractivity contribution in [3.05, 3.63) is 65.8 Å². The Morgan fingerprint density at radius 2 is 1.88 bits per heavy atom. The van der Waals surface area contributed by atoms with Gasteiger partial charge in [0.2, 0.25) is 0 Å². The number of piperazine rings is 1. The number of likely N-dealkylation sites (tertiary alicyclic amines) is 1. The van der Waals surface area contributed by atoms with Crippen molar-refractivity contribution >= 4 is 45.0 Å². The first kappa shape index (κ1) is 28.2. The number of pyridine rings is 1. The highest BCUT2D eigenvalue weighted by Gasteiger charge is 2.31. The molecular weight excluding hydrogens is 569 g/mol. The van der Waals surface area contributed by atoms with Crippen LogP contribution in [0, 0.1) is 5.82 Å². The van der Waals surface area contributed by atoms with Gasteiger partial charge in [0.05, 0.1) is 5.39 Å². The highest BCUT2D eigenvalue weighted by Crippen LogP contribution is 2.37. The summed E-state index contributed by atoms with van der Waals surface area (Å²) in [4.78, 5) is 30.7. The fourth-order valence-corrected chi connectivity index (χ4v) is 5.96. The van der Waals surface area contributed by atoms with Crippen LogP contribution in [-0.2, 0) is 4.79 Å². The summed E-state index contributed by atoms with van der Waals surface area (Å²) in [6.07, 6.45) is 0.883. The molecule has 0 unspecified atom stereocenters.